The van der Waals surface area contributed by atoms with E-state index in [1.54, 1.807) is 0 Å². The predicted octanol–water partition coefficient (Wildman–Crippen LogP) is 0.557. The summed E-state index contributed by atoms with van der Waals surface area (Å²) >= 11 is 0. The van der Waals surface area contributed by atoms with Crippen molar-refractivity contribution >= 4 is 12.0 Å². The molecule has 0 aromatic heterocycles. The molecule has 1 saturated carbocycles. The third kappa shape index (κ3) is 2.90. The van der Waals surface area contributed by atoms with Crippen LogP contribution in [-0.2, 0) is 4.79 Å². The number of carbonyl (C=O) groups excluding carboxylic acids is 1. The summed E-state index contributed by atoms with van der Waals surface area (Å²) in [5, 5.41) is 13.6. The molecule has 0 heterocycles. The predicted molar refractivity (Wildman–Crippen MR) is 51.0 cm³/mol. The smallest absolute Gasteiger partial charge is 0.325 e. The van der Waals surface area contributed by atoms with Crippen molar-refractivity contribution in [3.05, 3.63) is 0 Å². The normalized spacial score (nSPS) is 27.3. The Bertz CT molecular complexity index is 236. The van der Waals surface area contributed by atoms with Crippen LogP contribution in [-0.4, -0.2) is 29.2 Å². The molecular weight excluding hydrogens is 184 g/mol. The van der Waals surface area contributed by atoms with Gasteiger partial charge < -0.3 is 15.7 Å². The Labute approximate surface area is 82.9 Å². The Hall–Kier alpha value is -1.26. The van der Waals surface area contributed by atoms with E-state index >= 15 is 0 Å². The highest BCUT2D eigenvalue weighted by Gasteiger charge is 2.27. The maximum absolute atomic E-state index is 11.2. The molecule has 14 heavy (non-hydrogen) atoms. The van der Waals surface area contributed by atoms with Crippen molar-refractivity contribution in [2.24, 2.45) is 5.92 Å². The van der Waals surface area contributed by atoms with Crippen LogP contribution in [0.2, 0.25) is 0 Å². The molecule has 1 fully saturated rings. The number of hydrogen-bond acceptors (Lipinski definition) is 2. The molecule has 0 spiro atoms. The third-order valence-electron chi connectivity index (χ3n) is 2.43. The van der Waals surface area contributed by atoms with Crippen LogP contribution < -0.4 is 10.6 Å². The molecule has 1 unspecified atom stereocenters. The highest BCUT2D eigenvalue weighted by Crippen LogP contribution is 2.25. The summed E-state index contributed by atoms with van der Waals surface area (Å²) in [7, 11) is 0. The number of carboxylic acid groups (broad SMARTS) is 1. The summed E-state index contributed by atoms with van der Waals surface area (Å²) < 4.78 is 0. The van der Waals surface area contributed by atoms with Crippen molar-refractivity contribution in [3.63, 3.8) is 0 Å². The molecule has 0 radical (unpaired) electrons. The summed E-state index contributed by atoms with van der Waals surface area (Å²) in [6, 6.07) is -1.02. The fourth-order valence-electron chi connectivity index (χ4n) is 1.51. The van der Waals surface area contributed by atoms with Gasteiger partial charge in [0.1, 0.15) is 6.04 Å². The van der Waals surface area contributed by atoms with Gasteiger partial charge in [0, 0.05) is 6.04 Å². The minimum atomic E-state index is -1.03. The Kier molecular flexibility index (Phi) is 3.33. The van der Waals surface area contributed by atoms with Gasteiger partial charge in [-0.1, -0.05) is 6.92 Å². The highest BCUT2D eigenvalue weighted by atomic mass is 16.4. The number of carboxylic acids is 1. The maximum Gasteiger partial charge on any atom is 0.325 e. The van der Waals surface area contributed by atoms with Crippen LogP contribution in [0.5, 0.6) is 0 Å². The molecule has 5 heteroatoms. The number of amides is 2. The van der Waals surface area contributed by atoms with Crippen LogP contribution in [0, 0.1) is 5.92 Å². The zero-order chi connectivity index (χ0) is 10.7. The van der Waals surface area contributed by atoms with Crippen molar-refractivity contribution in [1.82, 2.24) is 10.6 Å². The van der Waals surface area contributed by atoms with Gasteiger partial charge in [-0.2, -0.15) is 0 Å². The van der Waals surface area contributed by atoms with Crippen molar-refractivity contribution < 1.29 is 14.7 Å². The lowest BCUT2D eigenvalue weighted by atomic mass is 9.82. The van der Waals surface area contributed by atoms with Crippen LogP contribution in [0.3, 0.4) is 0 Å². The SMILES string of the molecule is CC1CC(NC(=O)NC(C)C(=O)O)C1. The molecule has 5 nitrogen and oxygen atoms in total. The number of rotatable bonds is 3. The quantitative estimate of drug-likeness (QED) is 0.622. The van der Waals surface area contributed by atoms with Gasteiger partial charge in [-0.05, 0) is 25.7 Å². The highest BCUT2D eigenvalue weighted by molar-refractivity contribution is 5.82. The Morgan fingerprint density at radius 1 is 1.43 bits per heavy atom. The second kappa shape index (κ2) is 4.30. The largest absolute Gasteiger partial charge is 0.480 e. The fourth-order valence-corrected chi connectivity index (χ4v) is 1.51. The average molecular weight is 200 g/mol. The van der Waals surface area contributed by atoms with E-state index in [-0.39, 0.29) is 6.04 Å². The van der Waals surface area contributed by atoms with Gasteiger partial charge in [0.25, 0.3) is 0 Å². The molecular formula is C9H16N2O3. The van der Waals surface area contributed by atoms with Crippen molar-refractivity contribution in [1.29, 1.82) is 0 Å². The number of nitrogens with one attached hydrogen (secondary N) is 2. The monoisotopic (exact) mass is 200 g/mol. The average Bonchev–Trinajstić information content (AvgIpc) is 2.01. The van der Waals surface area contributed by atoms with Crippen LogP contribution >= 0.6 is 0 Å². The van der Waals surface area contributed by atoms with E-state index in [9.17, 15) is 9.59 Å². The van der Waals surface area contributed by atoms with Gasteiger partial charge >= 0.3 is 12.0 Å². The van der Waals surface area contributed by atoms with E-state index in [2.05, 4.69) is 17.6 Å². The third-order valence-corrected chi connectivity index (χ3v) is 2.43. The first-order valence-electron chi connectivity index (χ1n) is 4.79. The van der Waals surface area contributed by atoms with Gasteiger partial charge in [0.2, 0.25) is 0 Å². The first-order chi connectivity index (χ1) is 6.49. The van der Waals surface area contributed by atoms with Gasteiger partial charge in [-0.25, -0.2) is 4.79 Å². The molecule has 1 aliphatic rings. The van der Waals surface area contributed by atoms with Crippen LogP contribution in [0.25, 0.3) is 0 Å². The molecule has 80 valence electrons. The van der Waals surface area contributed by atoms with Gasteiger partial charge in [-0.3, -0.25) is 4.79 Å². The summed E-state index contributed by atoms with van der Waals surface area (Å²) in [5.74, 6) is -0.362. The topological polar surface area (TPSA) is 78.4 Å². The minimum absolute atomic E-state index is 0.214. The van der Waals surface area contributed by atoms with Crippen LogP contribution in [0.4, 0.5) is 4.79 Å². The van der Waals surface area contributed by atoms with E-state index < -0.39 is 18.0 Å². The Balaban J connectivity index is 2.19. The van der Waals surface area contributed by atoms with E-state index in [4.69, 9.17) is 5.11 Å². The molecule has 0 saturated heterocycles. The summed E-state index contributed by atoms with van der Waals surface area (Å²) in [6.07, 6.45) is 1.96. The molecule has 1 aliphatic carbocycles. The molecule has 2 amide bonds. The lowest BCUT2D eigenvalue weighted by Gasteiger charge is -2.33. The van der Waals surface area contributed by atoms with E-state index in [0.717, 1.165) is 12.8 Å². The van der Waals surface area contributed by atoms with Crippen molar-refractivity contribution in [2.75, 3.05) is 0 Å². The molecule has 1 atom stereocenters. The van der Waals surface area contributed by atoms with Crippen LogP contribution in [0.15, 0.2) is 0 Å². The van der Waals surface area contributed by atoms with Crippen LogP contribution in [0.1, 0.15) is 26.7 Å². The summed E-state index contributed by atoms with van der Waals surface area (Å²) in [6.45, 7) is 3.56. The van der Waals surface area contributed by atoms with Crippen molar-refractivity contribution in [2.45, 2.75) is 38.8 Å². The second-order valence-electron chi connectivity index (χ2n) is 3.95. The number of carbonyl (C=O) groups is 2. The second-order valence-corrected chi connectivity index (χ2v) is 3.95. The zero-order valence-electron chi connectivity index (χ0n) is 8.41. The standard InChI is InChI=1S/C9H16N2O3/c1-5-3-7(4-5)11-9(14)10-6(2)8(12)13/h5-7H,3-4H2,1-2H3,(H,12,13)(H2,10,11,14). The van der Waals surface area contributed by atoms with E-state index in [1.807, 2.05) is 0 Å². The van der Waals surface area contributed by atoms with E-state index in [1.165, 1.54) is 6.92 Å². The lowest BCUT2D eigenvalue weighted by Crippen LogP contribution is -2.51. The number of aliphatic carboxylic acids is 1. The number of hydrogen-bond donors (Lipinski definition) is 3. The minimum Gasteiger partial charge on any atom is -0.480 e. The first-order valence-corrected chi connectivity index (χ1v) is 4.79. The fraction of sp³-hybridized carbons (Fsp3) is 0.778. The molecule has 1 rings (SSSR count). The molecule has 3 N–H and O–H groups in total. The number of urea groups is 1. The van der Waals surface area contributed by atoms with Gasteiger partial charge in [0.05, 0.1) is 0 Å². The Morgan fingerprint density at radius 3 is 2.43 bits per heavy atom. The molecule has 0 aromatic carbocycles. The summed E-state index contributed by atoms with van der Waals surface area (Å²) in [5.41, 5.74) is 0. The van der Waals surface area contributed by atoms with Crippen molar-refractivity contribution in [3.8, 4) is 0 Å². The maximum atomic E-state index is 11.2. The first kappa shape index (κ1) is 10.8. The van der Waals surface area contributed by atoms with E-state index in [0.29, 0.717) is 5.92 Å². The molecule has 0 aliphatic heterocycles. The summed E-state index contributed by atoms with van der Waals surface area (Å²) in [4.78, 5) is 21.6. The lowest BCUT2D eigenvalue weighted by molar-refractivity contribution is -0.138. The molecule has 0 bridgehead atoms. The Morgan fingerprint density at radius 2 is 2.00 bits per heavy atom. The van der Waals surface area contributed by atoms with Gasteiger partial charge in [0.15, 0.2) is 0 Å². The zero-order valence-corrected chi connectivity index (χ0v) is 8.41. The molecule has 0 aromatic rings. The van der Waals surface area contributed by atoms with Gasteiger partial charge in [-0.15, -0.1) is 0 Å².